The average Bonchev–Trinajstić information content (AvgIpc) is 3.37. The van der Waals surface area contributed by atoms with Crippen molar-refractivity contribution in [2.45, 2.75) is 12.8 Å². The number of benzene rings is 2. The first kappa shape index (κ1) is 19.7. The van der Waals surface area contributed by atoms with Crippen LogP contribution in [-0.4, -0.2) is 43.8 Å². The van der Waals surface area contributed by atoms with E-state index in [2.05, 4.69) is 15.3 Å². The Morgan fingerprint density at radius 1 is 0.969 bits per heavy atom. The molecule has 1 fully saturated rings. The zero-order chi connectivity index (χ0) is 22.1. The number of hydrogen-bond donors (Lipinski definition) is 2. The molecule has 0 unspecified atom stereocenters. The van der Waals surface area contributed by atoms with Crippen molar-refractivity contribution in [3.63, 3.8) is 0 Å². The van der Waals surface area contributed by atoms with E-state index in [4.69, 9.17) is 0 Å². The Morgan fingerprint density at radius 2 is 1.72 bits per heavy atom. The minimum Gasteiger partial charge on any atom is -0.422 e. The van der Waals surface area contributed by atoms with Crippen LogP contribution in [0.3, 0.4) is 0 Å². The number of nitrogens with zero attached hydrogens (tertiary/aromatic N) is 4. The number of pyridine rings is 1. The Kier molecular flexibility index (Phi) is 5.03. The van der Waals surface area contributed by atoms with Crippen LogP contribution in [0.5, 0.6) is 0 Å². The minimum atomic E-state index is -0.817. The van der Waals surface area contributed by atoms with E-state index in [9.17, 15) is 14.8 Å². The first-order valence-electron chi connectivity index (χ1n) is 10.4. The van der Waals surface area contributed by atoms with E-state index in [0.29, 0.717) is 27.2 Å². The van der Waals surface area contributed by atoms with Crippen molar-refractivity contribution in [2.75, 3.05) is 18.4 Å². The molecule has 2 aromatic carbocycles. The summed E-state index contributed by atoms with van der Waals surface area (Å²) >= 11 is 0. The highest BCUT2D eigenvalue weighted by atomic mass is 16.5. The Morgan fingerprint density at radius 3 is 2.53 bits per heavy atom. The zero-order valence-electron chi connectivity index (χ0n) is 17.2. The van der Waals surface area contributed by atoms with Gasteiger partial charge in [0.25, 0.3) is 5.91 Å². The molecule has 0 bridgehead atoms. The van der Waals surface area contributed by atoms with Crippen molar-refractivity contribution in [1.29, 1.82) is 0 Å². The van der Waals surface area contributed by atoms with Crippen LogP contribution in [0, 0.1) is 0 Å². The number of amides is 1. The molecule has 0 spiro atoms. The summed E-state index contributed by atoms with van der Waals surface area (Å²) in [6.07, 6.45) is 3.60. The highest BCUT2D eigenvalue weighted by Gasteiger charge is 2.19. The third-order valence-electron chi connectivity index (χ3n) is 5.59. The lowest BCUT2D eigenvalue weighted by Crippen LogP contribution is -2.27. The molecule has 8 nitrogen and oxygen atoms in total. The van der Waals surface area contributed by atoms with E-state index in [1.165, 1.54) is 6.20 Å². The summed E-state index contributed by atoms with van der Waals surface area (Å²) in [6, 6.07) is 18.7. The second kappa shape index (κ2) is 8.14. The number of hydrogen-bond acceptors (Lipinski definition) is 6. The minimum absolute atomic E-state index is 0.0615. The number of fused-ring (bicyclic) bond motifs is 1. The SMILES string of the molecule is O=C(c1cccc(-c2cccc(Nc3nc(=O)n(O)c4ncccc34)c2)c1)N1CCCC1. The molecular formula is C24H21N5O3. The van der Waals surface area contributed by atoms with Crippen molar-refractivity contribution < 1.29 is 10.0 Å². The van der Waals surface area contributed by atoms with Gasteiger partial charge in [0.05, 0.1) is 5.39 Å². The van der Waals surface area contributed by atoms with Gasteiger partial charge in [-0.25, -0.2) is 9.78 Å². The lowest BCUT2D eigenvalue weighted by Gasteiger charge is -2.16. The van der Waals surface area contributed by atoms with Gasteiger partial charge in [0, 0.05) is 30.5 Å². The van der Waals surface area contributed by atoms with Crippen LogP contribution in [0.25, 0.3) is 22.2 Å². The number of carbonyl (C=O) groups is 1. The first-order chi connectivity index (χ1) is 15.6. The molecule has 1 saturated heterocycles. The van der Waals surface area contributed by atoms with Crippen LogP contribution < -0.4 is 11.0 Å². The second-order valence-electron chi connectivity index (χ2n) is 7.72. The van der Waals surface area contributed by atoms with Gasteiger partial charge in [-0.15, -0.1) is 4.73 Å². The number of anilines is 2. The van der Waals surface area contributed by atoms with E-state index < -0.39 is 5.69 Å². The summed E-state index contributed by atoms with van der Waals surface area (Å²) in [4.78, 5) is 34.7. The molecule has 0 saturated carbocycles. The van der Waals surface area contributed by atoms with Gasteiger partial charge in [-0.2, -0.15) is 4.98 Å². The average molecular weight is 427 g/mol. The van der Waals surface area contributed by atoms with E-state index in [-0.39, 0.29) is 11.6 Å². The van der Waals surface area contributed by atoms with Gasteiger partial charge in [-0.1, -0.05) is 24.3 Å². The fourth-order valence-corrected chi connectivity index (χ4v) is 3.99. The number of nitrogens with one attached hydrogen (secondary N) is 1. The molecule has 5 rings (SSSR count). The van der Waals surface area contributed by atoms with E-state index in [0.717, 1.165) is 37.1 Å². The maximum Gasteiger partial charge on any atom is 0.384 e. The number of aromatic nitrogens is 3. The van der Waals surface area contributed by atoms with Crippen molar-refractivity contribution in [3.8, 4) is 11.1 Å². The largest absolute Gasteiger partial charge is 0.422 e. The highest BCUT2D eigenvalue weighted by Crippen LogP contribution is 2.27. The lowest BCUT2D eigenvalue weighted by molar-refractivity contribution is 0.0793. The lowest BCUT2D eigenvalue weighted by atomic mass is 10.0. The summed E-state index contributed by atoms with van der Waals surface area (Å²) < 4.78 is 0.430. The van der Waals surface area contributed by atoms with Crippen molar-refractivity contribution in [1.82, 2.24) is 19.6 Å². The summed E-state index contributed by atoms with van der Waals surface area (Å²) in [5.74, 6) is 0.366. The third kappa shape index (κ3) is 3.66. The summed E-state index contributed by atoms with van der Waals surface area (Å²) in [5.41, 5.74) is 2.54. The fraction of sp³-hybridized carbons (Fsp3) is 0.167. The van der Waals surface area contributed by atoms with Crippen molar-refractivity contribution in [3.05, 3.63) is 82.9 Å². The molecular weight excluding hydrogens is 406 g/mol. The Bertz CT molecular complexity index is 1380. The highest BCUT2D eigenvalue weighted by molar-refractivity contribution is 5.96. The maximum absolute atomic E-state index is 12.8. The summed E-state index contributed by atoms with van der Waals surface area (Å²) in [5, 5.41) is 13.6. The molecule has 0 radical (unpaired) electrons. The molecule has 2 aromatic heterocycles. The smallest absolute Gasteiger partial charge is 0.384 e. The molecule has 4 aromatic rings. The molecule has 0 atom stereocenters. The molecule has 3 heterocycles. The van der Waals surface area contributed by atoms with E-state index in [1.54, 1.807) is 12.1 Å². The van der Waals surface area contributed by atoms with Crippen LogP contribution >= 0.6 is 0 Å². The normalized spacial score (nSPS) is 13.4. The monoisotopic (exact) mass is 427 g/mol. The van der Waals surface area contributed by atoms with Crippen LogP contribution in [0.15, 0.2) is 71.7 Å². The van der Waals surface area contributed by atoms with Crippen LogP contribution in [0.1, 0.15) is 23.2 Å². The molecule has 0 aliphatic carbocycles. The van der Waals surface area contributed by atoms with Crippen LogP contribution in [-0.2, 0) is 0 Å². The molecule has 1 aliphatic rings. The van der Waals surface area contributed by atoms with E-state index in [1.807, 2.05) is 53.4 Å². The first-order valence-corrected chi connectivity index (χ1v) is 10.4. The van der Waals surface area contributed by atoms with Crippen molar-refractivity contribution >= 4 is 28.4 Å². The fourth-order valence-electron chi connectivity index (χ4n) is 3.99. The number of rotatable bonds is 4. The van der Waals surface area contributed by atoms with Gasteiger partial charge < -0.3 is 15.4 Å². The predicted octanol–water partition coefficient (Wildman–Crippen LogP) is 3.68. The standard InChI is InChI=1S/C24H21N5O3/c30-23(28-12-1-2-13-28)18-8-3-6-16(14-18)17-7-4-9-19(15-17)26-21-20-10-5-11-25-22(20)29(32)24(31)27-21/h3-11,14-15,32H,1-2,12-13H2,(H,26,27,31). The predicted molar refractivity (Wildman–Crippen MR) is 121 cm³/mol. The Balaban J connectivity index is 1.47. The molecule has 8 heteroatoms. The Labute approximate surface area is 183 Å². The van der Waals surface area contributed by atoms with Crippen molar-refractivity contribution in [2.24, 2.45) is 0 Å². The van der Waals surface area contributed by atoms with Crippen LogP contribution in [0.4, 0.5) is 11.5 Å². The molecule has 32 heavy (non-hydrogen) atoms. The number of carbonyl (C=O) groups excluding carboxylic acids is 1. The second-order valence-corrected chi connectivity index (χ2v) is 7.72. The topological polar surface area (TPSA) is 100 Å². The van der Waals surface area contributed by atoms with E-state index >= 15 is 0 Å². The van der Waals surface area contributed by atoms with Gasteiger partial charge in [0.15, 0.2) is 5.65 Å². The number of likely N-dealkylation sites (tertiary alicyclic amines) is 1. The van der Waals surface area contributed by atoms with Crippen LogP contribution in [0.2, 0.25) is 0 Å². The van der Waals surface area contributed by atoms with Gasteiger partial charge in [0.2, 0.25) is 0 Å². The quantitative estimate of drug-likeness (QED) is 0.482. The van der Waals surface area contributed by atoms with Gasteiger partial charge >= 0.3 is 5.69 Å². The molecule has 1 aliphatic heterocycles. The molecule has 2 N–H and O–H groups in total. The van der Waals surface area contributed by atoms with Gasteiger partial charge in [-0.3, -0.25) is 4.79 Å². The van der Waals surface area contributed by atoms with Gasteiger partial charge in [-0.05, 0) is 60.4 Å². The maximum atomic E-state index is 12.8. The molecule has 1 amide bonds. The summed E-state index contributed by atoms with van der Waals surface area (Å²) in [6.45, 7) is 1.62. The third-order valence-corrected chi connectivity index (χ3v) is 5.59. The Hall–Kier alpha value is -4.20. The zero-order valence-corrected chi connectivity index (χ0v) is 17.2. The molecule has 160 valence electrons. The van der Waals surface area contributed by atoms with Gasteiger partial charge in [0.1, 0.15) is 5.82 Å². The summed E-state index contributed by atoms with van der Waals surface area (Å²) in [7, 11) is 0.